The number of anilines is 1. The number of hydrogen-bond acceptors (Lipinski definition) is 3. The molecule has 18 heavy (non-hydrogen) atoms. The number of hydrogen-bond donors (Lipinski definition) is 0. The summed E-state index contributed by atoms with van der Waals surface area (Å²) in [5, 5.41) is 0. The Hall–Kier alpha value is -1.48. The predicted octanol–water partition coefficient (Wildman–Crippen LogP) is 2.23. The van der Waals surface area contributed by atoms with Gasteiger partial charge < -0.3 is 14.4 Å². The van der Waals surface area contributed by atoms with Gasteiger partial charge in [-0.05, 0) is 30.7 Å². The molecule has 2 fully saturated rings. The van der Waals surface area contributed by atoms with Gasteiger partial charge in [0, 0.05) is 18.2 Å². The molecule has 2 saturated heterocycles. The van der Waals surface area contributed by atoms with Gasteiger partial charge in [-0.25, -0.2) is 0 Å². The Morgan fingerprint density at radius 3 is 2.83 bits per heavy atom. The molecule has 3 aliphatic heterocycles. The summed E-state index contributed by atoms with van der Waals surface area (Å²) in [6.07, 6.45) is 6.08. The summed E-state index contributed by atoms with van der Waals surface area (Å²) in [6.45, 7) is 2.09. The standard InChI is InChI=1S/C15H17NO2/c1-17-13-4-2-12(3-5-13)16-9-11-8-14-6-7-15(11,10-16)18-14/h2-7,11,14H,8-10H2,1H3. The summed E-state index contributed by atoms with van der Waals surface area (Å²) in [7, 11) is 1.70. The van der Waals surface area contributed by atoms with Crippen LogP contribution < -0.4 is 9.64 Å². The Balaban J connectivity index is 1.59. The number of benzene rings is 1. The Morgan fingerprint density at radius 1 is 1.33 bits per heavy atom. The smallest absolute Gasteiger partial charge is 0.119 e. The molecule has 1 aromatic carbocycles. The van der Waals surface area contributed by atoms with Gasteiger partial charge in [-0.1, -0.05) is 12.2 Å². The monoisotopic (exact) mass is 243 g/mol. The molecule has 0 amide bonds. The van der Waals surface area contributed by atoms with Gasteiger partial charge in [-0.3, -0.25) is 0 Å². The van der Waals surface area contributed by atoms with Crippen LogP contribution in [0.15, 0.2) is 36.4 Å². The number of fused-ring (bicyclic) bond motifs is 1. The lowest BCUT2D eigenvalue weighted by molar-refractivity contribution is 0.0351. The molecule has 0 aromatic heterocycles. The second-order valence-electron chi connectivity index (χ2n) is 5.48. The Bertz CT molecular complexity index is 496. The fourth-order valence-electron chi connectivity index (χ4n) is 3.54. The molecule has 0 saturated carbocycles. The zero-order chi connectivity index (χ0) is 12.2. The number of methoxy groups -OCH3 is 1. The van der Waals surface area contributed by atoms with E-state index in [0.717, 1.165) is 18.8 Å². The largest absolute Gasteiger partial charge is 0.497 e. The Labute approximate surface area is 107 Å². The van der Waals surface area contributed by atoms with E-state index in [1.807, 2.05) is 12.1 Å². The van der Waals surface area contributed by atoms with Crippen molar-refractivity contribution in [1.82, 2.24) is 0 Å². The molecule has 3 unspecified atom stereocenters. The van der Waals surface area contributed by atoms with Gasteiger partial charge in [-0.15, -0.1) is 0 Å². The van der Waals surface area contributed by atoms with E-state index >= 15 is 0 Å². The molecular weight excluding hydrogens is 226 g/mol. The molecule has 3 aliphatic rings. The van der Waals surface area contributed by atoms with Crippen LogP contribution in [-0.4, -0.2) is 31.9 Å². The summed E-state index contributed by atoms with van der Waals surface area (Å²) < 4.78 is 11.3. The van der Waals surface area contributed by atoms with E-state index in [2.05, 4.69) is 29.2 Å². The topological polar surface area (TPSA) is 21.7 Å². The van der Waals surface area contributed by atoms with E-state index < -0.39 is 0 Å². The summed E-state index contributed by atoms with van der Waals surface area (Å²) in [6, 6.07) is 8.31. The fourth-order valence-corrected chi connectivity index (χ4v) is 3.54. The average Bonchev–Trinajstić information content (AvgIpc) is 3.05. The van der Waals surface area contributed by atoms with Crippen molar-refractivity contribution in [3.63, 3.8) is 0 Å². The average molecular weight is 243 g/mol. The van der Waals surface area contributed by atoms with Crippen molar-refractivity contribution in [3.8, 4) is 5.75 Å². The van der Waals surface area contributed by atoms with Crippen molar-refractivity contribution >= 4 is 5.69 Å². The summed E-state index contributed by atoms with van der Waals surface area (Å²) >= 11 is 0. The first-order chi connectivity index (χ1) is 8.79. The van der Waals surface area contributed by atoms with Crippen molar-refractivity contribution in [2.75, 3.05) is 25.1 Å². The fraction of sp³-hybridized carbons (Fsp3) is 0.467. The highest BCUT2D eigenvalue weighted by Crippen LogP contribution is 2.48. The van der Waals surface area contributed by atoms with Crippen molar-refractivity contribution in [2.45, 2.75) is 18.1 Å². The van der Waals surface area contributed by atoms with Crippen molar-refractivity contribution in [1.29, 1.82) is 0 Å². The molecule has 3 nitrogen and oxygen atoms in total. The van der Waals surface area contributed by atoms with Gasteiger partial charge in [0.15, 0.2) is 0 Å². The van der Waals surface area contributed by atoms with Crippen LogP contribution in [0.2, 0.25) is 0 Å². The van der Waals surface area contributed by atoms with Gasteiger partial charge in [0.1, 0.15) is 11.4 Å². The highest BCUT2D eigenvalue weighted by atomic mass is 16.5. The normalized spacial score (nSPS) is 36.2. The highest BCUT2D eigenvalue weighted by molar-refractivity contribution is 5.52. The molecule has 3 atom stereocenters. The molecule has 1 spiro atoms. The van der Waals surface area contributed by atoms with Crippen LogP contribution in [0.1, 0.15) is 6.42 Å². The zero-order valence-electron chi connectivity index (χ0n) is 10.5. The van der Waals surface area contributed by atoms with Crippen LogP contribution in [0.5, 0.6) is 5.75 Å². The van der Waals surface area contributed by atoms with Crippen molar-refractivity contribution in [2.24, 2.45) is 5.92 Å². The molecule has 0 N–H and O–H groups in total. The lowest BCUT2D eigenvalue weighted by Crippen LogP contribution is -2.33. The van der Waals surface area contributed by atoms with Crippen LogP contribution in [-0.2, 0) is 4.74 Å². The third-order valence-corrected chi connectivity index (χ3v) is 4.49. The van der Waals surface area contributed by atoms with Gasteiger partial charge in [0.05, 0.1) is 19.8 Å². The highest BCUT2D eigenvalue weighted by Gasteiger charge is 2.55. The minimum absolute atomic E-state index is 0.00456. The van der Waals surface area contributed by atoms with Crippen LogP contribution in [0.25, 0.3) is 0 Å². The maximum atomic E-state index is 6.10. The first-order valence-electron chi connectivity index (χ1n) is 6.55. The SMILES string of the molecule is COc1ccc(N2CC3CC4C=CC3(C2)O4)cc1. The number of ether oxygens (including phenoxy) is 2. The number of nitrogens with zero attached hydrogens (tertiary/aromatic N) is 1. The van der Waals surface area contributed by atoms with Crippen LogP contribution in [0.3, 0.4) is 0 Å². The third kappa shape index (κ3) is 1.34. The van der Waals surface area contributed by atoms with Crippen LogP contribution in [0, 0.1) is 5.92 Å². The molecule has 0 aliphatic carbocycles. The third-order valence-electron chi connectivity index (χ3n) is 4.49. The Kier molecular flexibility index (Phi) is 2.04. The predicted molar refractivity (Wildman–Crippen MR) is 70.1 cm³/mol. The van der Waals surface area contributed by atoms with Crippen LogP contribution >= 0.6 is 0 Å². The first kappa shape index (κ1) is 10.4. The van der Waals surface area contributed by atoms with Gasteiger partial charge >= 0.3 is 0 Å². The first-order valence-corrected chi connectivity index (χ1v) is 6.55. The molecule has 3 heterocycles. The van der Waals surface area contributed by atoms with E-state index in [1.54, 1.807) is 7.11 Å². The van der Waals surface area contributed by atoms with Gasteiger partial charge in [0.2, 0.25) is 0 Å². The summed E-state index contributed by atoms with van der Waals surface area (Å²) in [5.41, 5.74) is 1.27. The second-order valence-corrected chi connectivity index (χ2v) is 5.48. The van der Waals surface area contributed by atoms with Gasteiger partial charge in [-0.2, -0.15) is 0 Å². The summed E-state index contributed by atoms with van der Waals surface area (Å²) in [5.74, 6) is 1.57. The second kappa shape index (κ2) is 3.51. The molecule has 4 rings (SSSR count). The Morgan fingerprint density at radius 2 is 2.17 bits per heavy atom. The van der Waals surface area contributed by atoms with E-state index in [0.29, 0.717) is 12.0 Å². The maximum absolute atomic E-state index is 6.10. The zero-order valence-corrected chi connectivity index (χ0v) is 10.5. The van der Waals surface area contributed by atoms with E-state index in [-0.39, 0.29) is 5.60 Å². The molecular formula is C15H17NO2. The molecule has 3 heteroatoms. The molecule has 1 aromatic rings. The van der Waals surface area contributed by atoms with Gasteiger partial charge in [0.25, 0.3) is 0 Å². The molecule has 2 bridgehead atoms. The summed E-state index contributed by atoms with van der Waals surface area (Å²) in [4.78, 5) is 2.43. The quantitative estimate of drug-likeness (QED) is 0.743. The molecule has 94 valence electrons. The van der Waals surface area contributed by atoms with Crippen molar-refractivity contribution in [3.05, 3.63) is 36.4 Å². The lowest BCUT2D eigenvalue weighted by atomic mass is 9.86. The van der Waals surface area contributed by atoms with Crippen molar-refractivity contribution < 1.29 is 9.47 Å². The number of rotatable bonds is 2. The van der Waals surface area contributed by atoms with E-state index in [1.165, 1.54) is 12.1 Å². The maximum Gasteiger partial charge on any atom is 0.119 e. The lowest BCUT2D eigenvalue weighted by Gasteiger charge is -2.23. The van der Waals surface area contributed by atoms with E-state index in [4.69, 9.17) is 9.47 Å². The van der Waals surface area contributed by atoms with Crippen LogP contribution in [0.4, 0.5) is 5.69 Å². The van der Waals surface area contributed by atoms with E-state index in [9.17, 15) is 0 Å². The minimum Gasteiger partial charge on any atom is -0.497 e. The minimum atomic E-state index is 0.00456. The molecule has 0 radical (unpaired) electrons.